The number of nitrogens with one attached hydrogen (secondary N) is 2. The van der Waals surface area contributed by atoms with E-state index in [-0.39, 0.29) is 5.56 Å². The highest BCUT2D eigenvalue weighted by Gasteiger charge is 2.14. The third-order valence-electron chi connectivity index (χ3n) is 11.9. The molecule has 0 unspecified atom stereocenters. The molecule has 0 fully saturated rings. The fraction of sp³-hybridized carbons (Fsp3) is 0.197. The van der Waals surface area contributed by atoms with Crippen LogP contribution in [0.15, 0.2) is 194 Å². The van der Waals surface area contributed by atoms with E-state index in [1.54, 1.807) is 6.07 Å². The van der Waals surface area contributed by atoms with Gasteiger partial charge in [-0.3, -0.25) is 0 Å². The maximum Gasteiger partial charge on any atom is 0.337 e. The minimum Gasteiger partial charge on any atom is -0.478 e. The smallest absolute Gasteiger partial charge is 0.337 e. The topological polar surface area (TPSA) is 93.9 Å². The van der Waals surface area contributed by atoms with Crippen LogP contribution < -0.4 is 26.2 Å². The van der Waals surface area contributed by atoms with Gasteiger partial charge in [0.15, 0.2) is 0 Å². The number of carbonyl (C=O) groups is 1. The van der Waals surface area contributed by atoms with Gasteiger partial charge < -0.3 is 31.3 Å². The second-order valence-electron chi connectivity index (χ2n) is 17.6. The molecule has 0 amide bonds. The molecule has 0 spiro atoms. The van der Waals surface area contributed by atoms with E-state index in [2.05, 4.69) is 164 Å². The normalized spacial score (nSPS) is 10.4. The molecule has 0 bridgehead atoms. The third-order valence-corrected chi connectivity index (χ3v) is 11.9. The van der Waals surface area contributed by atoms with Crippen LogP contribution >= 0.6 is 0 Å². The number of carboxylic acid groups (broad SMARTS) is 1. The van der Waals surface area contributed by atoms with Crippen LogP contribution in [0.5, 0.6) is 0 Å². The van der Waals surface area contributed by atoms with E-state index in [4.69, 9.17) is 5.73 Å². The van der Waals surface area contributed by atoms with Crippen LogP contribution in [-0.2, 0) is 38.5 Å². The predicted octanol–water partition coefficient (Wildman–Crippen LogP) is 13.9. The number of hydrogen-bond donors (Lipinski definition) is 4. The van der Waals surface area contributed by atoms with Gasteiger partial charge in [0.1, 0.15) is 0 Å². The van der Waals surface area contributed by atoms with Crippen molar-refractivity contribution in [3.8, 4) is 0 Å². The lowest BCUT2D eigenvalue weighted by Gasteiger charge is -2.19. The minimum absolute atomic E-state index is 0.270. The Bertz CT molecular complexity index is 2810. The first-order valence-corrected chi connectivity index (χ1v) is 23.4. The molecule has 0 aliphatic rings. The Labute approximate surface area is 405 Å². The van der Waals surface area contributed by atoms with E-state index in [0.29, 0.717) is 5.69 Å². The first kappa shape index (κ1) is 49.7. The fourth-order valence-electron chi connectivity index (χ4n) is 7.87. The molecule has 8 aromatic rings. The molecule has 7 heteroatoms. The summed E-state index contributed by atoms with van der Waals surface area (Å²) in [6, 6.07) is 66.4. The number of aryl methyl sites for hydroxylation is 8. The molecule has 0 saturated carbocycles. The Balaban J connectivity index is 0.000000173. The van der Waals surface area contributed by atoms with Gasteiger partial charge in [-0.2, -0.15) is 0 Å². The van der Waals surface area contributed by atoms with E-state index in [1.807, 2.05) is 86.6 Å². The highest BCUT2D eigenvalue weighted by atomic mass is 16.4. The maximum atomic E-state index is 11.7. The third kappa shape index (κ3) is 15.1. The average molecular weight is 902 g/mol. The molecule has 0 aromatic heterocycles. The number of hydrogen-bond acceptors (Lipinski definition) is 6. The van der Waals surface area contributed by atoms with E-state index in [1.165, 1.54) is 44.8 Å². The van der Waals surface area contributed by atoms with Crippen molar-refractivity contribution >= 4 is 45.8 Å². The summed E-state index contributed by atoms with van der Waals surface area (Å²) in [6.07, 6.45) is 6.01. The molecule has 5 N–H and O–H groups in total. The van der Waals surface area contributed by atoms with E-state index in [0.717, 1.165) is 72.4 Å². The number of nitrogens with zero attached hydrogens (tertiary/aromatic N) is 2. The monoisotopic (exact) mass is 902 g/mol. The first-order chi connectivity index (χ1) is 32.9. The van der Waals surface area contributed by atoms with E-state index in [9.17, 15) is 9.90 Å². The van der Waals surface area contributed by atoms with Gasteiger partial charge in [-0.05, 0) is 145 Å². The quantitative estimate of drug-likeness (QED) is 0.0718. The number of carboxylic acids is 1. The van der Waals surface area contributed by atoms with Crippen molar-refractivity contribution in [1.82, 2.24) is 0 Å². The van der Waals surface area contributed by atoms with Gasteiger partial charge in [-0.25, -0.2) is 4.79 Å². The molecular formula is C61H67N5O2. The second kappa shape index (κ2) is 25.2. The van der Waals surface area contributed by atoms with Crippen molar-refractivity contribution < 1.29 is 9.90 Å². The number of nitrogens with two attached hydrogens (primary N) is 1. The van der Waals surface area contributed by atoms with E-state index >= 15 is 0 Å². The number of nitrogen functional groups attached to an aromatic ring is 1. The van der Waals surface area contributed by atoms with Gasteiger partial charge in [0.2, 0.25) is 0 Å². The summed E-state index contributed by atoms with van der Waals surface area (Å²) in [5, 5.41) is 16.5. The van der Waals surface area contributed by atoms with E-state index < -0.39 is 5.97 Å². The number of aromatic carboxylic acids is 1. The SMILES string of the molecule is CN(C)c1ccccc1Nc1cc(CCc2ccccc2)ccc1C(=O)O.Cc1ccc(CCc2ccccc2)cc1N.Cc1ccc(CCc2ccccc2)cc1Nc1ccccc1N(C)C. The number of benzene rings is 8. The minimum atomic E-state index is -0.936. The van der Waals surface area contributed by atoms with Gasteiger partial charge >= 0.3 is 5.97 Å². The summed E-state index contributed by atoms with van der Waals surface area (Å²) in [6.45, 7) is 4.19. The molecule has 0 aliphatic carbocycles. The van der Waals surface area contributed by atoms with Crippen molar-refractivity contribution in [2.75, 3.05) is 54.4 Å². The van der Waals surface area contributed by atoms with Crippen molar-refractivity contribution in [2.45, 2.75) is 52.4 Å². The Hall–Kier alpha value is -7.77. The van der Waals surface area contributed by atoms with Gasteiger partial charge in [0.25, 0.3) is 0 Å². The summed E-state index contributed by atoms with van der Waals surface area (Å²) in [5.41, 5.74) is 23.3. The maximum absolute atomic E-state index is 11.7. The summed E-state index contributed by atoms with van der Waals surface area (Å²) in [7, 11) is 8.08. The summed E-state index contributed by atoms with van der Waals surface area (Å²) in [4.78, 5) is 15.8. The number of rotatable bonds is 16. The van der Waals surface area contributed by atoms with Gasteiger partial charge in [0, 0.05) is 39.6 Å². The molecule has 8 aromatic carbocycles. The molecule has 0 atom stereocenters. The number of para-hydroxylation sites is 4. The fourth-order valence-corrected chi connectivity index (χ4v) is 7.87. The van der Waals surface area contributed by atoms with Gasteiger partial charge in [-0.1, -0.05) is 146 Å². The summed E-state index contributed by atoms with van der Waals surface area (Å²) < 4.78 is 0. The van der Waals surface area contributed by atoms with Gasteiger partial charge in [0.05, 0.1) is 34.0 Å². The van der Waals surface area contributed by atoms with Crippen LogP contribution in [0.3, 0.4) is 0 Å². The molecule has 0 heterocycles. The molecule has 7 nitrogen and oxygen atoms in total. The van der Waals surface area contributed by atoms with Crippen LogP contribution in [0.4, 0.5) is 39.8 Å². The number of anilines is 7. The Morgan fingerprint density at radius 1 is 0.412 bits per heavy atom. The Morgan fingerprint density at radius 3 is 1.19 bits per heavy atom. The van der Waals surface area contributed by atoms with Crippen LogP contribution in [0.25, 0.3) is 0 Å². The largest absolute Gasteiger partial charge is 0.478 e. The predicted molar refractivity (Wildman–Crippen MR) is 290 cm³/mol. The Kier molecular flexibility index (Phi) is 18.4. The molecule has 0 saturated heterocycles. The van der Waals surface area contributed by atoms with Crippen LogP contribution in [-0.4, -0.2) is 39.3 Å². The highest BCUT2D eigenvalue weighted by Crippen LogP contribution is 2.31. The van der Waals surface area contributed by atoms with Crippen LogP contribution in [0.2, 0.25) is 0 Å². The summed E-state index contributed by atoms with van der Waals surface area (Å²) >= 11 is 0. The molecule has 0 radical (unpaired) electrons. The zero-order chi connectivity index (χ0) is 48.3. The Morgan fingerprint density at radius 2 is 0.765 bits per heavy atom. The van der Waals surface area contributed by atoms with Crippen molar-refractivity contribution in [3.63, 3.8) is 0 Å². The second-order valence-corrected chi connectivity index (χ2v) is 17.6. The molecule has 68 heavy (non-hydrogen) atoms. The molecule has 0 aliphatic heterocycles. The van der Waals surface area contributed by atoms with Crippen molar-refractivity contribution in [3.05, 3.63) is 244 Å². The van der Waals surface area contributed by atoms with Crippen molar-refractivity contribution in [1.29, 1.82) is 0 Å². The van der Waals surface area contributed by atoms with Crippen LogP contribution in [0.1, 0.15) is 54.9 Å². The van der Waals surface area contributed by atoms with Crippen molar-refractivity contribution in [2.24, 2.45) is 0 Å². The first-order valence-electron chi connectivity index (χ1n) is 23.4. The lowest BCUT2D eigenvalue weighted by atomic mass is 10.0. The molecule has 348 valence electrons. The average Bonchev–Trinajstić information content (AvgIpc) is 3.35. The van der Waals surface area contributed by atoms with Gasteiger partial charge in [-0.15, -0.1) is 0 Å². The molecular weight excluding hydrogens is 835 g/mol. The zero-order valence-electron chi connectivity index (χ0n) is 40.5. The zero-order valence-corrected chi connectivity index (χ0v) is 40.5. The standard InChI is InChI=1S/C23H24N2O2.C23H26N2.C15H17N/c1-25(2)22-11-7-6-10-20(22)24-21-16-18(14-15-19(21)23(26)27)13-12-17-8-4-3-5-9-17;1-18-13-14-20(16-15-19-9-5-4-6-10-19)17-22(18)24-21-11-7-8-12-23(21)25(2)3;1-12-7-8-14(11-15(12)16)10-9-13-5-3-2-4-6-13/h3-11,14-16,24H,12-13H2,1-2H3,(H,26,27);4-14,17,24H,15-16H2,1-3H3;2-8,11H,9-10,16H2,1H3. The van der Waals surface area contributed by atoms with Crippen LogP contribution in [0, 0.1) is 13.8 Å². The lowest BCUT2D eigenvalue weighted by Crippen LogP contribution is -2.11. The highest BCUT2D eigenvalue weighted by molar-refractivity contribution is 5.96. The summed E-state index contributed by atoms with van der Waals surface area (Å²) in [5.74, 6) is -0.936. The lowest BCUT2D eigenvalue weighted by molar-refractivity contribution is 0.0698. The molecule has 8 rings (SSSR count).